The Morgan fingerprint density at radius 2 is 2.00 bits per heavy atom. The van der Waals surface area contributed by atoms with Crippen molar-refractivity contribution >= 4 is 17.4 Å². The van der Waals surface area contributed by atoms with E-state index >= 15 is 0 Å². The van der Waals surface area contributed by atoms with Crippen LogP contribution in [0.15, 0.2) is 53.7 Å². The summed E-state index contributed by atoms with van der Waals surface area (Å²) in [6.45, 7) is 0.606. The minimum Gasteiger partial charge on any atom is -0.489 e. The number of rotatable bonds is 5. The van der Waals surface area contributed by atoms with Crippen LogP contribution < -0.4 is 15.6 Å². The molecular formula is C21H22N4O3. The Morgan fingerprint density at radius 1 is 1.14 bits per heavy atom. The van der Waals surface area contributed by atoms with Gasteiger partial charge in [-0.25, -0.2) is 9.97 Å². The minimum absolute atomic E-state index is 0.0485. The van der Waals surface area contributed by atoms with E-state index in [1.807, 2.05) is 0 Å². The third-order valence-corrected chi connectivity index (χ3v) is 5.06. The molecule has 0 atom stereocenters. The summed E-state index contributed by atoms with van der Waals surface area (Å²) >= 11 is 0. The van der Waals surface area contributed by atoms with Gasteiger partial charge < -0.3 is 10.1 Å². The number of nitrogens with zero attached hydrogens (tertiary/aromatic N) is 3. The molecule has 0 aromatic carbocycles. The molecule has 144 valence electrons. The molecule has 28 heavy (non-hydrogen) atoms. The second-order valence-corrected chi connectivity index (χ2v) is 7.03. The maximum absolute atomic E-state index is 12.7. The first-order valence-corrected chi connectivity index (χ1v) is 9.58. The highest BCUT2D eigenvalue weighted by Gasteiger charge is 2.18. The van der Waals surface area contributed by atoms with E-state index in [1.54, 1.807) is 42.7 Å². The first kappa shape index (κ1) is 18.2. The molecule has 0 saturated heterocycles. The summed E-state index contributed by atoms with van der Waals surface area (Å²) in [6.07, 6.45) is 10.6. The summed E-state index contributed by atoms with van der Waals surface area (Å²) < 4.78 is 7.28. The predicted octanol–water partition coefficient (Wildman–Crippen LogP) is 3.30. The summed E-state index contributed by atoms with van der Waals surface area (Å²) in [6, 6.07) is 8.74. The predicted molar refractivity (Wildman–Crippen MR) is 106 cm³/mol. The van der Waals surface area contributed by atoms with Crippen molar-refractivity contribution in [2.24, 2.45) is 5.92 Å². The summed E-state index contributed by atoms with van der Waals surface area (Å²) in [7, 11) is 0. The third-order valence-electron chi connectivity index (χ3n) is 5.06. The van der Waals surface area contributed by atoms with Crippen molar-refractivity contribution in [3.63, 3.8) is 0 Å². The smallest absolute Gasteiger partial charge is 0.270 e. The Hall–Kier alpha value is -3.22. The molecule has 3 aromatic heterocycles. The van der Waals surface area contributed by atoms with Crippen molar-refractivity contribution < 1.29 is 9.53 Å². The fourth-order valence-corrected chi connectivity index (χ4v) is 3.52. The van der Waals surface area contributed by atoms with Crippen LogP contribution in [-0.2, 0) is 0 Å². The Labute approximate surface area is 162 Å². The van der Waals surface area contributed by atoms with Gasteiger partial charge >= 0.3 is 0 Å². The largest absolute Gasteiger partial charge is 0.489 e. The van der Waals surface area contributed by atoms with Crippen LogP contribution in [0.4, 0.5) is 5.82 Å². The molecule has 3 heterocycles. The molecule has 1 aliphatic rings. The van der Waals surface area contributed by atoms with Crippen molar-refractivity contribution in [1.82, 2.24) is 14.4 Å². The Morgan fingerprint density at radius 3 is 2.86 bits per heavy atom. The molecule has 1 aliphatic carbocycles. The number of hydrogen-bond donors (Lipinski definition) is 1. The topological polar surface area (TPSA) is 85.6 Å². The number of hydrogen-bond acceptors (Lipinski definition) is 5. The van der Waals surface area contributed by atoms with E-state index in [0.29, 0.717) is 29.7 Å². The molecule has 0 aliphatic heterocycles. The number of aromatic nitrogens is 3. The highest BCUT2D eigenvalue weighted by Crippen LogP contribution is 2.27. The van der Waals surface area contributed by atoms with E-state index < -0.39 is 11.5 Å². The van der Waals surface area contributed by atoms with Gasteiger partial charge in [-0.3, -0.25) is 14.0 Å². The fourth-order valence-electron chi connectivity index (χ4n) is 3.52. The zero-order chi connectivity index (χ0) is 19.3. The van der Waals surface area contributed by atoms with Gasteiger partial charge in [0, 0.05) is 18.6 Å². The molecule has 7 heteroatoms. The molecule has 0 bridgehead atoms. The monoisotopic (exact) mass is 378 g/mol. The number of carbonyl (C=O) groups excluding carboxylic acids is 1. The van der Waals surface area contributed by atoms with Crippen LogP contribution in [0.1, 0.15) is 42.5 Å². The highest BCUT2D eigenvalue weighted by molar-refractivity contribution is 6.04. The van der Waals surface area contributed by atoms with Crippen molar-refractivity contribution in [2.75, 3.05) is 11.9 Å². The molecule has 0 spiro atoms. The molecule has 3 aromatic rings. The van der Waals surface area contributed by atoms with E-state index in [-0.39, 0.29) is 5.56 Å². The highest BCUT2D eigenvalue weighted by atomic mass is 16.5. The van der Waals surface area contributed by atoms with Crippen molar-refractivity contribution in [2.45, 2.75) is 32.1 Å². The minimum atomic E-state index is -0.558. The van der Waals surface area contributed by atoms with Gasteiger partial charge in [-0.15, -0.1) is 0 Å². The van der Waals surface area contributed by atoms with Crippen LogP contribution in [0.25, 0.3) is 5.65 Å². The number of pyridine rings is 2. The number of anilines is 1. The second kappa shape index (κ2) is 8.21. The lowest BCUT2D eigenvalue weighted by Gasteiger charge is -2.22. The summed E-state index contributed by atoms with van der Waals surface area (Å²) in [5.74, 6) is 0.792. The van der Waals surface area contributed by atoms with Crippen LogP contribution >= 0.6 is 0 Å². The third kappa shape index (κ3) is 3.88. The van der Waals surface area contributed by atoms with Crippen LogP contribution in [0.3, 0.4) is 0 Å². The lowest BCUT2D eigenvalue weighted by molar-refractivity contribution is 0.102. The molecule has 0 unspecified atom stereocenters. The van der Waals surface area contributed by atoms with Crippen molar-refractivity contribution in [1.29, 1.82) is 0 Å². The first-order chi connectivity index (χ1) is 13.7. The van der Waals surface area contributed by atoms with Crippen LogP contribution in [-0.4, -0.2) is 26.9 Å². The van der Waals surface area contributed by atoms with Crippen molar-refractivity contribution in [3.05, 3.63) is 64.8 Å². The molecule has 1 fully saturated rings. The molecule has 0 radical (unpaired) electrons. The molecule has 1 N–H and O–H groups in total. The lowest BCUT2D eigenvalue weighted by Crippen LogP contribution is -2.27. The molecule has 1 amide bonds. The Balaban J connectivity index is 1.52. The normalized spacial score (nSPS) is 14.7. The maximum Gasteiger partial charge on any atom is 0.270 e. The first-order valence-electron chi connectivity index (χ1n) is 9.58. The Bertz CT molecular complexity index is 1040. The zero-order valence-corrected chi connectivity index (χ0v) is 15.5. The van der Waals surface area contributed by atoms with Gasteiger partial charge in [0.25, 0.3) is 11.5 Å². The van der Waals surface area contributed by atoms with Crippen LogP contribution in [0.5, 0.6) is 5.75 Å². The fraction of sp³-hybridized carbons (Fsp3) is 0.333. The molecular weight excluding hydrogens is 356 g/mol. The number of amides is 1. The van der Waals surface area contributed by atoms with E-state index in [9.17, 15) is 9.59 Å². The van der Waals surface area contributed by atoms with E-state index in [0.717, 1.165) is 0 Å². The standard InChI is InChI=1S/C21H22N4O3/c26-20(16-13-23-18-10-4-5-12-25(18)21(16)27)24-19-17(9-6-11-22-19)28-14-15-7-2-1-3-8-15/h4-6,9-13,15H,1-3,7-8,14H2,(H,22,24,26). The number of carbonyl (C=O) groups is 1. The van der Waals surface area contributed by atoms with Gasteiger partial charge in [0.05, 0.1) is 6.61 Å². The lowest BCUT2D eigenvalue weighted by atomic mass is 9.90. The summed E-state index contributed by atoms with van der Waals surface area (Å²) in [4.78, 5) is 33.7. The van der Waals surface area contributed by atoms with Crippen LogP contribution in [0, 0.1) is 5.92 Å². The van der Waals surface area contributed by atoms with E-state index in [4.69, 9.17) is 4.74 Å². The van der Waals surface area contributed by atoms with Gasteiger partial charge in [0.15, 0.2) is 11.6 Å². The molecule has 4 rings (SSSR count). The maximum atomic E-state index is 12.7. The summed E-state index contributed by atoms with van der Waals surface area (Å²) in [5.41, 5.74) is 0.00896. The average molecular weight is 378 g/mol. The SMILES string of the molecule is O=C(Nc1ncccc1OCC1CCCCC1)c1cnc2ccccn2c1=O. The second-order valence-electron chi connectivity index (χ2n) is 7.03. The van der Waals surface area contributed by atoms with Gasteiger partial charge in [-0.1, -0.05) is 25.3 Å². The van der Waals surface area contributed by atoms with E-state index in [2.05, 4.69) is 15.3 Å². The number of fused-ring (bicyclic) bond motifs is 1. The summed E-state index contributed by atoms with van der Waals surface area (Å²) in [5, 5.41) is 2.69. The van der Waals surface area contributed by atoms with Crippen LogP contribution in [0.2, 0.25) is 0 Å². The van der Waals surface area contributed by atoms with E-state index in [1.165, 1.54) is 42.7 Å². The van der Waals surface area contributed by atoms with Gasteiger partial charge in [-0.05, 0) is 43.0 Å². The average Bonchev–Trinajstić information content (AvgIpc) is 2.74. The Kier molecular flexibility index (Phi) is 5.32. The van der Waals surface area contributed by atoms with Gasteiger partial charge in [-0.2, -0.15) is 0 Å². The number of ether oxygens (including phenoxy) is 1. The number of nitrogens with one attached hydrogen (secondary N) is 1. The molecule has 1 saturated carbocycles. The zero-order valence-electron chi connectivity index (χ0n) is 15.5. The molecule has 7 nitrogen and oxygen atoms in total. The van der Waals surface area contributed by atoms with Gasteiger partial charge in [0.1, 0.15) is 11.2 Å². The quantitative estimate of drug-likeness (QED) is 0.736. The van der Waals surface area contributed by atoms with Gasteiger partial charge in [0.2, 0.25) is 0 Å². The van der Waals surface area contributed by atoms with Crippen molar-refractivity contribution in [3.8, 4) is 5.75 Å².